The standard InChI is InChI=1S/C25H26N4O4S/c1-18-6-4-8-21(16-18)28-34(32,33)22-9-5-7-20(17-22)25(31)29-14-11-19(12-15-29)24(30)27-23-10-2-3-13-26-23/h2-10,13,16-17,19,28H,11-12,14-15H2,1H3,(H,26,27,30). The topological polar surface area (TPSA) is 108 Å². The van der Waals surface area contributed by atoms with Crippen LogP contribution in [0.25, 0.3) is 0 Å². The van der Waals surface area contributed by atoms with Crippen molar-refractivity contribution in [2.24, 2.45) is 5.92 Å². The highest BCUT2D eigenvalue weighted by Crippen LogP contribution is 2.23. The first kappa shape index (κ1) is 23.4. The minimum atomic E-state index is -3.85. The molecular formula is C25H26N4O4S. The van der Waals surface area contributed by atoms with E-state index >= 15 is 0 Å². The molecule has 1 aliphatic heterocycles. The molecular weight excluding hydrogens is 452 g/mol. The monoisotopic (exact) mass is 478 g/mol. The lowest BCUT2D eigenvalue weighted by Gasteiger charge is -2.31. The molecule has 0 radical (unpaired) electrons. The number of anilines is 2. The molecule has 34 heavy (non-hydrogen) atoms. The summed E-state index contributed by atoms with van der Waals surface area (Å²) in [6.07, 6.45) is 2.66. The Bertz CT molecular complexity index is 1290. The number of aromatic nitrogens is 1. The first-order valence-electron chi connectivity index (χ1n) is 11.0. The summed E-state index contributed by atoms with van der Waals surface area (Å²) in [5.74, 6) is -0.0723. The Morgan fingerprint density at radius 1 is 0.971 bits per heavy atom. The van der Waals surface area contributed by atoms with Crippen molar-refractivity contribution in [2.45, 2.75) is 24.7 Å². The van der Waals surface area contributed by atoms with Crippen LogP contribution in [-0.2, 0) is 14.8 Å². The summed E-state index contributed by atoms with van der Waals surface area (Å²) in [6.45, 7) is 2.71. The van der Waals surface area contributed by atoms with Gasteiger partial charge < -0.3 is 10.2 Å². The summed E-state index contributed by atoms with van der Waals surface area (Å²) in [5, 5.41) is 2.81. The van der Waals surface area contributed by atoms with Crippen molar-refractivity contribution < 1.29 is 18.0 Å². The van der Waals surface area contributed by atoms with Gasteiger partial charge in [-0.2, -0.15) is 0 Å². The fraction of sp³-hybridized carbons (Fsp3) is 0.240. The molecule has 3 aromatic rings. The number of benzene rings is 2. The number of nitrogens with one attached hydrogen (secondary N) is 2. The molecule has 9 heteroatoms. The molecule has 0 unspecified atom stereocenters. The number of hydrogen-bond donors (Lipinski definition) is 2. The van der Waals surface area contributed by atoms with E-state index in [1.165, 1.54) is 12.1 Å². The highest BCUT2D eigenvalue weighted by atomic mass is 32.2. The third kappa shape index (κ3) is 5.60. The third-order valence-electron chi connectivity index (χ3n) is 5.73. The Hall–Kier alpha value is -3.72. The maximum absolute atomic E-state index is 13.0. The SMILES string of the molecule is Cc1cccc(NS(=O)(=O)c2cccc(C(=O)N3CCC(C(=O)Nc4ccccn4)CC3)c2)c1. The first-order chi connectivity index (χ1) is 16.3. The molecule has 0 bridgehead atoms. The molecule has 0 aliphatic carbocycles. The van der Waals surface area contributed by atoms with Crippen LogP contribution in [0.5, 0.6) is 0 Å². The first-order valence-corrected chi connectivity index (χ1v) is 12.5. The Morgan fingerprint density at radius 3 is 2.44 bits per heavy atom. The molecule has 8 nitrogen and oxygen atoms in total. The Kier molecular flexibility index (Phi) is 6.93. The van der Waals surface area contributed by atoms with Crippen molar-refractivity contribution in [3.05, 3.63) is 84.1 Å². The van der Waals surface area contributed by atoms with Crippen LogP contribution in [-0.4, -0.2) is 43.2 Å². The van der Waals surface area contributed by atoms with Crippen molar-refractivity contribution in [1.82, 2.24) is 9.88 Å². The van der Waals surface area contributed by atoms with Crippen LogP contribution in [0.15, 0.2) is 77.8 Å². The molecule has 1 aromatic heterocycles. The van der Waals surface area contributed by atoms with Crippen LogP contribution in [0.3, 0.4) is 0 Å². The normalized spacial score (nSPS) is 14.4. The third-order valence-corrected chi connectivity index (χ3v) is 7.11. The van der Waals surface area contributed by atoms with E-state index in [2.05, 4.69) is 15.0 Å². The number of hydrogen-bond acceptors (Lipinski definition) is 5. The van der Waals surface area contributed by atoms with Crippen molar-refractivity contribution >= 4 is 33.3 Å². The molecule has 4 rings (SSSR count). The van der Waals surface area contributed by atoms with Gasteiger partial charge in [0.15, 0.2) is 0 Å². The largest absolute Gasteiger partial charge is 0.339 e. The quantitative estimate of drug-likeness (QED) is 0.562. The van der Waals surface area contributed by atoms with E-state index in [4.69, 9.17) is 0 Å². The molecule has 2 N–H and O–H groups in total. The van der Waals surface area contributed by atoms with E-state index in [9.17, 15) is 18.0 Å². The predicted octanol–water partition coefficient (Wildman–Crippen LogP) is 3.68. The summed E-state index contributed by atoms with van der Waals surface area (Å²) in [5.41, 5.74) is 1.69. The summed E-state index contributed by atoms with van der Waals surface area (Å²) in [6, 6.07) is 18.4. The number of amides is 2. The van der Waals surface area contributed by atoms with E-state index in [0.717, 1.165) is 5.56 Å². The second-order valence-corrected chi connectivity index (χ2v) is 9.96. The van der Waals surface area contributed by atoms with Crippen molar-refractivity contribution in [1.29, 1.82) is 0 Å². The van der Waals surface area contributed by atoms with Crippen LogP contribution in [0.4, 0.5) is 11.5 Å². The minimum absolute atomic E-state index is 0.0180. The van der Waals surface area contributed by atoms with Gasteiger partial charge in [-0.05, 0) is 67.8 Å². The summed E-state index contributed by atoms with van der Waals surface area (Å²) in [4.78, 5) is 31.3. The van der Waals surface area contributed by atoms with Gasteiger partial charge in [-0.15, -0.1) is 0 Å². The average molecular weight is 479 g/mol. The number of likely N-dealkylation sites (tertiary alicyclic amines) is 1. The van der Waals surface area contributed by atoms with Gasteiger partial charge in [0, 0.05) is 36.5 Å². The van der Waals surface area contributed by atoms with E-state index in [1.807, 2.05) is 13.0 Å². The number of carbonyl (C=O) groups excluding carboxylic acids is 2. The van der Waals surface area contributed by atoms with E-state index in [0.29, 0.717) is 43.0 Å². The smallest absolute Gasteiger partial charge is 0.261 e. The molecule has 176 valence electrons. The Morgan fingerprint density at radius 2 is 1.74 bits per heavy atom. The highest BCUT2D eigenvalue weighted by molar-refractivity contribution is 7.92. The second-order valence-electron chi connectivity index (χ2n) is 8.27. The van der Waals surface area contributed by atoms with Gasteiger partial charge in [0.05, 0.1) is 4.90 Å². The number of rotatable bonds is 6. The van der Waals surface area contributed by atoms with Crippen molar-refractivity contribution in [2.75, 3.05) is 23.1 Å². The number of nitrogens with zero attached hydrogens (tertiary/aromatic N) is 2. The lowest BCUT2D eigenvalue weighted by Crippen LogP contribution is -2.41. The molecule has 1 fully saturated rings. The van der Waals surface area contributed by atoms with Crippen LogP contribution >= 0.6 is 0 Å². The molecule has 0 spiro atoms. The molecule has 2 heterocycles. The van der Waals surface area contributed by atoms with E-state index in [1.54, 1.807) is 59.6 Å². The molecule has 0 atom stereocenters. The second kappa shape index (κ2) is 10.0. The van der Waals surface area contributed by atoms with Gasteiger partial charge in [0.2, 0.25) is 5.91 Å². The van der Waals surface area contributed by atoms with Gasteiger partial charge in [-0.25, -0.2) is 13.4 Å². The molecule has 0 saturated carbocycles. The Labute approximate surface area is 199 Å². The zero-order valence-corrected chi connectivity index (χ0v) is 19.6. The number of sulfonamides is 1. The van der Waals surface area contributed by atoms with Gasteiger partial charge in [-0.3, -0.25) is 14.3 Å². The zero-order valence-electron chi connectivity index (χ0n) is 18.8. The van der Waals surface area contributed by atoms with Crippen LogP contribution in [0.2, 0.25) is 0 Å². The van der Waals surface area contributed by atoms with Crippen molar-refractivity contribution in [3.8, 4) is 0 Å². The van der Waals surface area contributed by atoms with Crippen LogP contribution < -0.4 is 10.0 Å². The van der Waals surface area contributed by atoms with Crippen LogP contribution in [0.1, 0.15) is 28.8 Å². The highest BCUT2D eigenvalue weighted by Gasteiger charge is 2.28. The van der Waals surface area contributed by atoms with E-state index < -0.39 is 10.0 Å². The lowest BCUT2D eigenvalue weighted by atomic mass is 9.95. The number of piperidine rings is 1. The molecule has 1 aliphatic rings. The maximum atomic E-state index is 13.0. The summed E-state index contributed by atoms with van der Waals surface area (Å²) < 4.78 is 28.2. The van der Waals surface area contributed by atoms with E-state index in [-0.39, 0.29) is 22.6 Å². The number of carbonyl (C=O) groups is 2. The average Bonchev–Trinajstić information content (AvgIpc) is 2.84. The van der Waals surface area contributed by atoms with Crippen LogP contribution in [0, 0.1) is 12.8 Å². The fourth-order valence-corrected chi connectivity index (χ4v) is 5.01. The minimum Gasteiger partial charge on any atom is -0.339 e. The van der Waals surface area contributed by atoms with Gasteiger partial charge in [0.1, 0.15) is 5.82 Å². The Balaban J connectivity index is 1.39. The number of pyridine rings is 1. The van der Waals surface area contributed by atoms with Gasteiger partial charge >= 0.3 is 0 Å². The molecule has 1 saturated heterocycles. The summed E-state index contributed by atoms with van der Waals surface area (Å²) in [7, 11) is -3.85. The van der Waals surface area contributed by atoms with Gasteiger partial charge in [-0.1, -0.05) is 24.3 Å². The number of aryl methyl sites for hydroxylation is 1. The molecule has 2 amide bonds. The predicted molar refractivity (Wildman–Crippen MR) is 130 cm³/mol. The summed E-state index contributed by atoms with van der Waals surface area (Å²) >= 11 is 0. The van der Waals surface area contributed by atoms with Crippen molar-refractivity contribution in [3.63, 3.8) is 0 Å². The van der Waals surface area contributed by atoms with Gasteiger partial charge in [0.25, 0.3) is 15.9 Å². The maximum Gasteiger partial charge on any atom is 0.261 e. The fourth-order valence-electron chi connectivity index (χ4n) is 3.91. The zero-order chi connectivity index (χ0) is 24.1. The molecule has 2 aromatic carbocycles. The lowest BCUT2D eigenvalue weighted by molar-refractivity contribution is -0.121.